The minimum Gasteiger partial charge on any atom is -0.465 e. The lowest BCUT2D eigenvalue weighted by Crippen LogP contribution is -2.16. The number of esters is 1. The molecule has 0 radical (unpaired) electrons. The SMILES string of the molecule is COC(=O)c1cccc(NC(=O)CCNc2ccc(C#N)cc2)c1. The number of carbonyl (C=O) groups excluding carboxylic acids is 2. The number of benzene rings is 2. The van der Waals surface area contributed by atoms with Gasteiger partial charge in [0, 0.05) is 24.3 Å². The first-order valence-corrected chi connectivity index (χ1v) is 7.34. The van der Waals surface area contributed by atoms with E-state index in [0.29, 0.717) is 23.4 Å². The summed E-state index contributed by atoms with van der Waals surface area (Å²) in [5.74, 6) is -0.619. The number of hydrogen-bond donors (Lipinski definition) is 2. The Morgan fingerprint density at radius 3 is 2.54 bits per heavy atom. The minimum absolute atomic E-state index is 0.168. The zero-order valence-corrected chi connectivity index (χ0v) is 13.2. The molecule has 0 spiro atoms. The molecule has 2 aromatic rings. The van der Waals surface area contributed by atoms with Crippen molar-refractivity contribution in [1.29, 1.82) is 5.26 Å². The molecule has 0 heterocycles. The third-order valence-electron chi connectivity index (χ3n) is 3.26. The Kier molecular flexibility index (Phi) is 5.92. The molecule has 0 unspecified atom stereocenters. The number of nitrogens with zero attached hydrogens (tertiary/aromatic N) is 1. The van der Waals surface area contributed by atoms with Crippen LogP contribution >= 0.6 is 0 Å². The Bertz CT molecular complexity index is 764. The van der Waals surface area contributed by atoms with Gasteiger partial charge in [0.25, 0.3) is 0 Å². The number of carbonyl (C=O) groups is 2. The van der Waals surface area contributed by atoms with E-state index in [1.807, 2.05) is 6.07 Å². The quantitative estimate of drug-likeness (QED) is 0.798. The van der Waals surface area contributed by atoms with Gasteiger partial charge in [0.15, 0.2) is 0 Å². The van der Waals surface area contributed by atoms with E-state index in [1.165, 1.54) is 7.11 Å². The lowest BCUT2D eigenvalue weighted by atomic mass is 10.2. The van der Waals surface area contributed by atoms with Crippen LogP contribution in [0.25, 0.3) is 0 Å². The Balaban J connectivity index is 1.83. The van der Waals surface area contributed by atoms with Crippen LogP contribution in [0.3, 0.4) is 0 Å². The zero-order valence-electron chi connectivity index (χ0n) is 13.2. The first-order valence-electron chi connectivity index (χ1n) is 7.34. The van der Waals surface area contributed by atoms with E-state index >= 15 is 0 Å². The topological polar surface area (TPSA) is 91.2 Å². The molecule has 122 valence electrons. The highest BCUT2D eigenvalue weighted by molar-refractivity contribution is 5.94. The van der Waals surface area contributed by atoms with Gasteiger partial charge in [-0.1, -0.05) is 6.07 Å². The van der Waals surface area contributed by atoms with Crippen molar-refractivity contribution in [3.63, 3.8) is 0 Å². The molecule has 0 aliphatic heterocycles. The molecule has 24 heavy (non-hydrogen) atoms. The molecular formula is C18H17N3O3. The van der Waals surface area contributed by atoms with Gasteiger partial charge in [-0.25, -0.2) is 4.79 Å². The number of ether oxygens (including phenoxy) is 1. The van der Waals surface area contributed by atoms with E-state index in [0.717, 1.165) is 5.69 Å². The number of nitrogens with one attached hydrogen (secondary N) is 2. The van der Waals surface area contributed by atoms with Crippen LogP contribution in [-0.2, 0) is 9.53 Å². The molecule has 0 aliphatic carbocycles. The highest BCUT2D eigenvalue weighted by Gasteiger charge is 2.07. The minimum atomic E-state index is -0.450. The number of anilines is 2. The maximum atomic E-state index is 11.9. The smallest absolute Gasteiger partial charge is 0.337 e. The molecule has 6 heteroatoms. The highest BCUT2D eigenvalue weighted by Crippen LogP contribution is 2.12. The van der Waals surface area contributed by atoms with Crippen LogP contribution in [0.15, 0.2) is 48.5 Å². The molecule has 0 aromatic heterocycles. The van der Waals surface area contributed by atoms with Crippen molar-refractivity contribution >= 4 is 23.3 Å². The van der Waals surface area contributed by atoms with Gasteiger partial charge in [0.1, 0.15) is 0 Å². The largest absolute Gasteiger partial charge is 0.465 e. The van der Waals surface area contributed by atoms with E-state index in [2.05, 4.69) is 15.4 Å². The maximum Gasteiger partial charge on any atom is 0.337 e. The van der Waals surface area contributed by atoms with Crippen LogP contribution in [-0.4, -0.2) is 25.5 Å². The van der Waals surface area contributed by atoms with Crippen molar-refractivity contribution in [1.82, 2.24) is 0 Å². The van der Waals surface area contributed by atoms with E-state index in [1.54, 1.807) is 48.5 Å². The van der Waals surface area contributed by atoms with Gasteiger partial charge in [-0.3, -0.25) is 4.79 Å². The molecule has 2 aromatic carbocycles. The van der Waals surface area contributed by atoms with Crippen molar-refractivity contribution in [2.45, 2.75) is 6.42 Å². The first kappa shape index (κ1) is 17.0. The van der Waals surface area contributed by atoms with Crippen LogP contribution in [0.2, 0.25) is 0 Å². The standard InChI is InChI=1S/C18H17N3O3/c1-24-18(23)14-3-2-4-16(11-14)21-17(22)9-10-20-15-7-5-13(12-19)6-8-15/h2-8,11,20H,9-10H2,1H3,(H,21,22). The summed E-state index contributed by atoms with van der Waals surface area (Å²) in [6, 6.07) is 15.6. The summed E-state index contributed by atoms with van der Waals surface area (Å²) >= 11 is 0. The molecule has 6 nitrogen and oxygen atoms in total. The monoisotopic (exact) mass is 323 g/mol. The van der Waals surface area contributed by atoms with Crippen molar-refractivity contribution in [2.75, 3.05) is 24.3 Å². The van der Waals surface area contributed by atoms with Crippen LogP contribution in [0.4, 0.5) is 11.4 Å². The number of methoxy groups -OCH3 is 1. The third kappa shape index (κ3) is 4.85. The van der Waals surface area contributed by atoms with Gasteiger partial charge in [0.05, 0.1) is 24.3 Å². The van der Waals surface area contributed by atoms with Crippen LogP contribution < -0.4 is 10.6 Å². The molecule has 0 aliphatic rings. The normalized spacial score (nSPS) is 9.67. The summed E-state index contributed by atoms with van der Waals surface area (Å²) in [5, 5.41) is 14.6. The molecule has 0 saturated carbocycles. The van der Waals surface area contributed by atoms with E-state index in [9.17, 15) is 9.59 Å². The van der Waals surface area contributed by atoms with Gasteiger partial charge >= 0.3 is 5.97 Å². The Hall–Kier alpha value is -3.33. The van der Waals surface area contributed by atoms with Gasteiger partial charge in [-0.2, -0.15) is 5.26 Å². The van der Waals surface area contributed by atoms with E-state index in [4.69, 9.17) is 5.26 Å². The molecule has 0 atom stereocenters. The summed E-state index contributed by atoms with van der Waals surface area (Å²) in [7, 11) is 1.31. The van der Waals surface area contributed by atoms with E-state index < -0.39 is 5.97 Å². The molecule has 2 rings (SSSR count). The molecule has 1 amide bonds. The van der Waals surface area contributed by atoms with Crippen LogP contribution in [0.1, 0.15) is 22.3 Å². The average molecular weight is 323 g/mol. The summed E-state index contributed by atoms with van der Waals surface area (Å²) < 4.78 is 4.64. The Morgan fingerprint density at radius 2 is 1.88 bits per heavy atom. The third-order valence-corrected chi connectivity index (χ3v) is 3.26. The fraction of sp³-hybridized carbons (Fsp3) is 0.167. The second-order valence-corrected chi connectivity index (χ2v) is 4.99. The lowest BCUT2D eigenvalue weighted by molar-refractivity contribution is -0.115. The molecule has 0 fully saturated rings. The fourth-order valence-corrected chi connectivity index (χ4v) is 2.05. The second kappa shape index (κ2) is 8.34. The Morgan fingerprint density at radius 1 is 1.12 bits per heavy atom. The van der Waals surface area contributed by atoms with Crippen molar-refractivity contribution < 1.29 is 14.3 Å². The van der Waals surface area contributed by atoms with Crippen LogP contribution in [0, 0.1) is 11.3 Å². The predicted octanol–water partition coefficient (Wildman–Crippen LogP) is 2.79. The lowest BCUT2D eigenvalue weighted by Gasteiger charge is -2.08. The summed E-state index contributed by atoms with van der Waals surface area (Å²) in [6.45, 7) is 0.453. The Labute approximate surface area is 140 Å². The molecular weight excluding hydrogens is 306 g/mol. The second-order valence-electron chi connectivity index (χ2n) is 4.99. The molecule has 0 bridgehead atoms. The van der Waals surface area contributed by atoms with Crippen molar-refractivity contribution in [3.8, 4) is 6.07 Å². The highest BCUT2D eigenvalue weighted by atomic mass is 16.5. The van der Waals surface area contributed by atoms with Crippen molar-refractivity contribution in [2.24, 2.45) is 0 Å². The fourth-order valence-electron chi connectivity index (χ4n) is 2.05. The first-order chi connectivity index (χ1) is 11.6. The average Bonchev–Trinajstić information content (AvgIpc) is 2.61. The summed E-state index contributed by atoms with van der Waals surface area (Å²) in [6.07, 6.45) is 0.266. The van der Waals surface area contributed by atoms with E-state index in [-0.39, 0.29) is 12.3 Å². The summed E-state index contributed by atoms with van der Waals surface area (Å²) in [4.78, 5) is 23.4. The number of rotatable bonds is 6. The molecule has 0 saturated heterocycles. The number of nitriles is 1. The summed E-state index contributed by atoms with van der Waals surface area (Å²) in [5.41, 5.74) is 2.35. The number of hydrogen-bond acceptors (Lipinski definition) is 5. The number of amides is 1. The van der Waals surface area contributed by atoms with Crippen molar-refractivity contribution in [3.05, 3.63) is 59.7 Å². The van der Waals surface area contributed by atoms with Crippen LogP contribution in [0.5, 0.6) is 0 Å². The predicted molar refractivity (Wildman–Crippen MR) is 90.7 cm³/mol. The van der Waals surface area contributed by atoms with Gasteiger partial charge in [0.2, 0.25) is 5.91 Å². The van der Waals surface area contributed by atoms with Gasteiger partial charge in [-0.15, -0.1) is 0 Å². The zero-order chi connectivity index (χ0) is 17.4. The van der Waals surface area contributed by atoms with Gasteiger partial charge in [-0.05, 0) is 42.5 Å². The van der Waals surface area contributed by atoms with Gasteiger partial charge < -0.3 is 15.4 Å². The maximum absolute atomic E-state index is 11.9. The molecule has 2 N–H and O–H groups in total.